The molecule has 0 aliphatic rings. The zero-order chi connectivity index (χ0) is 7.40. The Morgan fingerprint density at radius 3 is 2.70 bits per heavy atom. The van der Waals surface area contributed by atoms with Crippen molar-refractivity contribution in [3.8, 4) is 0 Å². The lowest BCUT2D eigenvalue weighted by atomic mass is 10.2. The lowest BCUT2D eigenvalue weighted by molar-refractivity contribution is 0.701. The molecule has 0 unspecified atom stereocenters. The highest BCUT2D eigenvalue weighted by Crippen LogP contribution is 2.11. The van der Waals surface area contributed by atoms with Crippen molar-refractivity contribution >= 4 is 28.2 Å². The maximum Gasteiger partial charge on any atom is 0.0988 e. The molecule has 0 atom stereocenters. The van der Waals surface area contributed by atoms with Crippen LogP contribution < -0.4 is 0 Å². The van der Waals surface area contributed by atoms with Crippen molar-refractivity contribution in [1.29, 1.82) is 0 Å². The van der Waals surface area contributed by atoms with Crippen LogP contribution in [0, 0.1) is 0 Å². The van der Waals surface area contributed by atoms with Gasteiger partial charge in [-0.2, -0.15) is 0 Å². The Labute approximate surface area is 67.7 Å². The van der Waals surface area contributed by atoms with Gasteiger partial charge in [0.25, 0.3) is 0 Å². The van der Waals surface area contributed by atoms with Gasteiger partial charge in [-0.3, -0.25) is 0 Å². The Morgan fingerprint density at radius 1 is 1.40 bits per heavy atom. The number of benzene rings is 1. The van der Waals surface area contributed by atoms with Crippen LogP contribution in [0.3, 0.4) is 0 Å². The van der Waals surface area contributed by atoms with Crippen LogP contribution in [-0.4, -0.2) is 9.58 Å². The van der Waals surface area contributed by atoms with E-state index < -0.39 is 0 Å². The van der Waals surface area contributed by atoms with Gasteiger partial charge < -0.3 is 0 Å². The van der Waals surface area contributed by atoms with E-state index in [1.54, 1.807) is 12.1 Å². The van der Waals surface area contributed by atoms with E-state index in [0.29, 0.717) is 10.6 Å². The summed E-state index contributed by atoms with van der Waals surface area (Å²) in [5, 5.41) is 3.07. The van der Waals surface area contributed by atoms with Crippen molar-refractivity contribution in [2.45, 2.75) is 0 Å². The van der Waals surface area contributed by atoms with Gasteiger partial charge in [-0.25, -0.2) is 4.21 Å². The molecule has 1 aromatic carbocycles. The van der Waals surface area contributed by atoms with Crippen LogP contribution >= 0.6 is 11.6 Å². The maximum atomic E-state index is 10.00. The molecule has 3 heteroatoms. The van der Waals surface area contributed by atoms with E-state index in [1.807, 2.05) is 12.1 Å². The van der Waals surface area contributed by atoms with E-state index in [-0.39, 0.29) is 11.3 Å². The Balaban J connectivity index is 3.14. The normalized spacial score (nSPS) is 8.90. The van der Waals surface area contributed by atoms with Crippen molar-refractivity contribution in [3.05, 3.63) is 34.9 Å². The molecular formula is C7H4ClOS. The van der Waals surface area contributed by atoms with Crippen molar-refractivity contribution in [2.24, 2.45) is 0 Å². The predicted molar refractivity (Wildman–Crippen MR) is 43.7 cm³/mol. The molecule has 0 fully saturated rings. The third-order valence-corrected chi connectivity index (χ3v) is 1.66. The zero-order valence-electron chi connectivity index (χ0n) is 5.00. The van der Waals surface area contributed by atoms with Crippen LogP contribution in [0.2, 0.25) is 5.02 Å². The molecule has 0 N–H and O–H groups in total. The summed E-state index contributed by atoms with van der Waals surface area (Å²) in [6, 6.07) is 7.08. The molecule has 10 heavy (non-hydrogen) atoms. The quantitative estimate of drug-likeness (QED) is 0.587. The molecule has 1 aromatic rings. The lowest BCUT2D eigenvalue weighted by Crippen LogP contribution is -1.79. The zero-order valence-corrected chi connectivity index (χ0v) is 6.58. The first-order valence-corrected chi connectivity index (χ1v) is 3.76. The second-order valence-corrected chi connectivity index (χ2v) is 2.44. The van der Waals surface area contributed by atoms with Gasteiger partial charge in [-0.1, -0.05) is 29.8 Å². The summed E-state index contributed by atoms with van der Waals surface area (Å²) >= 11 is 5.97. The molecule has 0 aliphatic heterocycles. The Bertz CT molecular complexity index is 279. The maximum absolute atomic E-state index is 10.00. The molecule has 1 radical (unpaired) electrons. The fraction of sp³-hybridized carbons (Fsp3) is 0. The summed E-state index contributed by atoms with van der Waals surface area (Å²) in [4.78, 5) is 0. The smallest absolute Gasteiger partial charge is 0.0988 e. The standard InChI is InChI=1S/C7H4ClOS/c8-7-4-2-1-3-6(7)5-10-9/h1-4H. The van der Waals surface area contributed by atoms with Gasteiger partial charge in [0.05, 0.1) is 16.6 Å². The lowest BCUT2D eigenvalue weighted by Gasteiger charge is -1.90. The third kappa shape index (κ3) is 1.69. The van der Waals surface area contributed by atoms with E-state index in [9.17, 15) is 4.21 Å². The molecule has 0 bridgehead atoms. The van der Waals surface area contributed by atoms with E-state index in [1.165, 1.54) is 0 Å². The van der Waals surface area contributed by atoms with Crippen LogP contribution in [0.5, 0.6) is 0 Å². The Morgan fingerprint density at radius 2 is 2.10 bits per heavy atom. The molecule has 0 spiro atoms. The average Bonchev–Trinajstić information content (AvgIpc) is 1.94. The summed E-state index contributed by atoms with van der Waals surface area (Å²) < 4.78 is 10.00. The molecule has 0 saturated heterocycles. The van der Waals surface area contributed by atoms with Gasteiger partial charge in [0.1, 0.15) is 0 Å². The molecule has 0 amide bonds. The summed E-state index contributed by atoms with van der Waals surface area (Å²) in [7, 11) is 0. The van der Waals surface area contributed by atoms with E-state index in [2.05, 4.69) is 5.37 Å². The van der Waals surface area contributed by atoms with E-state index in [0.717, 1.165) is 0 Å². The first-order valence-electron chi connectivity index (χ1n) is 2.64. The van der Waals surface area contributed by atoms with Gasteiger partial charge in [-0.05, 0) is 6.07 Å². The highest BCUT2D eigenvalue weighted by atomic mass is 35.5. The van der Waals surface area contributed by atoms with Crippen LogP contribution in [-0.2, 0) is 11.3 Å². The largest absolute Gasteiger partial charge is 0.212 e. The first kappa shape index (κ1) is 7.51. The molecule has 51 valence electrons. The summed E-state index contributed by atoms with van der Waals surface area (Å²) in [5.41, 5.74) is 0.657. The van der Waals surface area contributed by atoms with Gasteiger partial charge in [0.2, 0.25) is 0 Å². The Hall–Kier alpha value is -0.600. The SMILES string of the molecule is O=S=[C]c1ccccc1Cl. The third-order valence-electron chi connectivity index (χ3n) is 1.03. The fourth-order valence-electron chi connectivity index (χ4n) is 0.589. The minimum Gasteiger partial charge on any atom is -0.212 e. The molecule has 1 nitrogen and oxygen atoms in total. The van der Waals surface area contributed by atoms with Gasteiger partial charge in [0, 0.05) is 10.6 Å². The van der Waals surface area contributed by atoms with Crippen LogP contribution in [0.25, 0.3) is 0 Å². The van der Waals surface area contributed by atoms with Crippen LogP contribution in [0.4, 0.5) is 0 Å². The van der Waals surface area contributed by atoms with Crippen molar-refractivity contribution in [2.75, 3.05) is 0 Å². The van der Waals surface area contributed by atoms with E-state index >= 15 is 0 Å². The topological polar surface area (TPSA) is 17.1 Å². The number of rotatable bonds is 1. The molecule has 0 aliphatic carbocycles. The second-order valence-electron chi connectivity index (χ2n) is 1.67. The number of halogens is 1. The van der Waals surface area contributed by atoms with Crippen molar-refractivity contribution in [1.82, 2.24) is 0 Å². The van der Waals surface area contributed by atoms with Crippen molar-refractivity contribution in [3.63, 3.8) is 0 Å². The minimum absolute atomic E-state index is 0.284. The molecule has 0 heterocycles. The van der Waals surface area contributed by atoms with Crippen LogP contribution in [0.1, 0.15) is 5.56 Å². The summed E-state index contributed by atoms with van der Waals surface area (Å²) in [6.45, 7) is 0. The summed E-state index contributed by atoms with van der Waals surface area (Å²) in [6.07, 6.45) is 0. The van der Waals surface area contributed by atoms with Gasteiger partial charge in [0.15, 0.2) is 0 Å². The van der Waals surface area contributed by atoms with Crippen LogP contribution in [0.15, 0.2) is 24.3 Å². The van der Waals surface area contributed by atoms with Gasteiger partial charge in [-0.15, -0.1) is 0 Å². The van der Waals surface area contributed by atoms with Crippen molar-refractivity contribution < 1.29 is 4.21 Å². The highest BCUT2D eigenvalue weighted by Gasteiger charge is 1.92. The molecule has 1 rings (SSSR count). The monoisotopic (exact) mass is 171 g/mol. The molecular weight excluding hydrogens is 168 g/mol. The van der Waals surface area contributed by atoms with Gasteiger partial charge >= 0.3 is 0 Å². The molecule has 0 aromatic heterocycles. The summed E-state index contributed by atoms with van der Waals surface area (Å²) in [5.74, 6) is 0. The number of hydrogen-bond acceptors (Lipinski definition) is 1. The Kier molecular flexibility index (Phi) is 2.66. The molecule has 0 saturated carbocycles. The average molecular weight is 172 g/mol. The fourth-order valence-corrected chi connectivity index (χ4v) is 1.10. The minimum atomic E-state index is 0.284. The second kappa shape index (κ2) is 3.54. The highest BCUT2D eigenvalue weighted by molar-refractivity contribution is 7.65. The van der Waals surface area contributed by atoms with E-state index in [4.69, 9.17) is 11.6 Å². The number of hydrogen-bond donors (Lipinski definition) is 0. The predicted octanol–water partition coefficient (Wildman–Crippen LogP) is 1.58. The first-order chi connectivity index (χ1) is 4.84.